The van der Waals surface area contributed by atoms with Crippen molar-refractivity contribution in [1.82, 2.24) is 34.6 Å². The average Bonchev–Trinajstić information content (AvgIpc) is 3.84. The first-order chi connectivity index (χ1) is 27.5. The van der Waals surface area contributed by atoms with Crippen molar-refractivity contribution in [3.8, 4) is 0 Å². The minimum atomic E-state index is -0.998. The van der Waals surface area contributed by atoms with E-state index in [4.69, 9.17) is 9.97 Å². The Bertz CT molecular complexity index is 2400. The average molecular weight is 773 g/mol. The summed E-state index contributed by atoms with van der Waals surface area (Å²) in [6.45, 7) is 5.98. The number of aliphatic hydroxyl groups is 1. The van der Waals surface area contributed by atoms with Gasteiger partial charge < -0.3 is 20.2 Å². The summed E-state index contributed by atoms with van der Waals surface area (Å²) in [6, 6.07) is 8.98. The second kappa shape index (κ2) is 14.6. The summed E-state index contributed by atoms with van der Waals surface area (Å²) in [5.74, 6) is 0.275. The van der Waals surface area contributed by atoms with E-state index in [1.165, 1.54) is 12.5 Å². The number of anilines is 2. The second-order valence-corrected chi connectivity index (χ2v) is 16.7. The van der Waals surface area contributed by atoms with Gasteiger partial charge in [0.2, 0.25) is 17.8 Å². The molecule has 2 aliphatic carbocycles. The first-order valence-electron chi connectivity index (χ1n) is 20.4. The van der Waals surface area contributed by atoms with Crippen molar-refractivity contribution in [2.24, 2.45) is 5.92 Å². The molecule has 57 heavy (non-hydrogen) atoms. The quantitative estimate of drug-likeness (QED) is 0.171. The van der Waals surface area contributed by atoms with Crippen molar-refractivity contribution in [3.63, 3.8) is 0 Å². The molecule has 296 valence electrons. The number of carbonyl (C=O) groups is 4. The Hall–Kier alpha value is -5.34. The van der Waals surface area contributed by atoms with Gasteiger partial charge in [0.05, 0.1) is 11.2 Å². The predicted octanol–water partition coefficient (Wildman–Crippen LogP) is 4.41. The number of aryl methyl sites for hydroxylation is 2. The summed E-state index contributed by atoms with van der Waals surface area (Å²) < 4.78 is 1.72. The molecule has 5 aliphatic rings. The monoisotopic (exact) mass is 772 g/mol. The number of aromatic nitrogens is 4. The number of nitrogens with one attached hydrogen (secondary N) is 2. The summed E-state index contributed by atoms with van der Waals surface area (Å²) in [7, 11) is 0. The number of rotatable bonds is 8. The van der Waals surface area contributed by atoms with Crippen molar-refractivity contribution in [1.29, 1.82) is 0 Å². The van der Waals surface area contributed by atoms with Crippen LogP contribution in [0, 0.1) is 12.8 Å². The standard InChI is InChI=1S/C43H48N8O6/c1-24-32-21-44-42(48-38(32)51(30-5-3-4-6-30)41(56)37(24)25(2)52)46-35-13-8-27-19-26(7-11-33(27)45-35)22-49-17-15-43(57,16-18-49)29-9-10-31-28(20-29)23-50(40(31)55)34-12-14-36(53)47-39(34)54/h8-10,13,20-21,26,30,34,57H,3-7,11-12,14-19,22-23H2,1-2H3,(H,47,53,54)(H,44,45,46,48)/t26-,34?/m0/s1. The molecule has 0 bridgehead atoms. The number of likely N-dealkylation sites (tertiary alicyclic amines) is 1. The van der Waals surface area contributed by atoms with E-state index in [2.05, 4.69) is 26.6 Å². The lowest BCUT2D eigenvalue weighted by molar-refractivity contribution is -0.136. The Morgan fingerprint density at radius 3 is 2.53 bits per heavy atom. The highest BCUT2D eigenvalue weighted by Gasteiger charge is 2.41. The molecule has 3 amide bonds. The van der Waals surface area contributed by atoms with Crippen LogP contribution in [0.5, 0.6) is 0 Å². The third-order valence-electron chi connectivity index (χ3n) is 13.1. The predicted molar refractivity (Wildman–Crippen MR) is 211 cm³/mol. The Morgan fingerprint density at radius 1 is 0.982 bits per heavy atom. The number of hydrogen-bond acceptors (Lipinski definition) is 11. The van der Waals surface area contributed by atoms with E-state index in [-0.39, 0.29) is 47.7 Å². The number of amides is 3. The molecule has 2 saturated heterocycles. The molecule has 3 aromatic heterocycles. The fraction of sp³-hybridized carbons (Fsp3) is 0.488. The summed E-state index contributed by atoms with van der Waals surface area (Å²) >= 11 is 0. The van der Waals surface area contributed by atoms with Crippen molar-refractivity contribution < 1.29 is 24.3 Å². The molecule has 4 aromatic rings. The van der Waals surface area contributed by atoms with Gasteiger partial charge in [-0.3, -0.25) is 33.9 Å². The van der Waals surface area contributed by atoms with Crippen LogP contribution in [0.3, 0.4) is 0 Å². The minimum Gasteiger partial charge on any atom is -0.385 e. The zero-order valence-electron chi connectivity index (χ0n) is 32.5. The number of pyridine rings is 2. The van der Waals surface area contributed by atoms with Crippen LogP contribution in [0.15, 0.2) is 41.3 Å². The molecule has 2 atom stereocenters. The van der Waals surface area contributed by atoms with Crippen LogP contribution in [0.1, 0.15) is 119 Å². The Labute approximate surface area is 330 Å². The summed E-state index contributed by atoms with van der Waals surface area (Å²) in [5, 5.41) is 18.1. The molecular weight excluding hydrogens is 725 g/mol. The lowest BCUT2D eigenvalue weighted by atomic mass is 9.82. The topological polar surface area (TPSA) is 180 Å². The van der Waals surface area contributed by atoms with Gasteiger partial charge in [-0.15, -0.1) is 0 Å². The molecule has 9 rings (SSSR count). The fourth-order valence-electron chi connectivity index (χ4n) is 9.96. The van der Waals surface area contributed by atoms with Crippen molar-refractivity contribution in [3.05, 3.63) is 86.0 Å². The zero-order chi connectivity index (χ0) is 39.6. The Kier molecular flexibility index (Phi) is 9.51. The maximum atomic E-state index is 13.6. The van der Waals surface area contributed by atoms with Crippen molar-refractivity contribution in [2.45, 2.75) is 109 Å². The lowest BCUT2D eigenvalue weighted by Gasteiger charge is -2.40. The number of carbonyl (C=O) groups excluding carboxylic acids is 4. The second-order valence-electron chi connectivity index (χ2n) is 16.7. The molecule has 0 spiro atoms. The van der Waals surface area contributed by atoms with E-state index in [9.17, 15) is 29.1 Å². The smallest absolute Gasteiger partial charge is 0.263 e. The summed E-state index contributed by atoms with van der Waals surface area (Å²) in [4.78, 5) is 81.8. The number of imide groups is 1. The van der Waals surface area contributed by atoms with E-state index in [1.807, 2.05) is 18.2 Å². The molecule has 1 unspecified atom stereocenters. The van der Waals surface area contributed by atoms with Crippen LogP contribution in [0.2, 0.25) is 0 Å². The third kappa shape index (κ3) is 6.82. The van der Waals surface area contributed by atoms with E-state index < -0.39 is 17.6 Å². The van der Waals surface area contributed by atoms with Crippen LogP contribution < -0.4 is 16.2 Å². The maximum absolute atomic E-state index is 13.6. The van der Waals surface area contributed by atoms with Gasteiger partial charge in [0.1, 0.15) is 17.5 Å². The molecule has 6 heterocycles. The van der Waals surface area contributed by atoms with Crippen LogP contribution in [-0.4, -0.2) is 83.6 Å². The zero-order valence-corrected chi connectivity index (χ0v) is 32.5. The number of ketones is 1. The van der Waals surface area contributed by atoms with Gasteiger partial charge >= 0.3 is 0 Å². The first kappa shape index (κ1) is 37.2. The molecule has 1 saturated carbocycles. The molecule has 3 fully saturated rings. The van der Waals surface area contributed by atoms with Crippen molar-refractivity contribution >= 4 is 46.3 Å². The van der Waals surface area contributed by atoms with Gasteiger partial charge in [0.25, 0.3) is 11.5 Å². The largest absolute Gasteiger partial charge is 0.385 e. The van der Waals surface area contributed by atoms with Crippen LogP contribution >= 0.6 is 0 Å². The van der Waals surface area contributed by atoms with Gasteiger partial charge in [0.15, 0.2) is 5.78 Å². The molecule has 14 heteroatoms. The number of benzene rings is 1. The Morgan fingerprint density at radius 2 is 1.77 bits per heavy atom. The fourth-order valence-corrected chi connectivity index (χ4v) is 9.96. The molecule has 0 radical (unpaired) electrons. The highest BCUT2D eigenvalue weighted by atomic mass is 16.3. The number of fused-ring (bicyclic) bond motifs is 3. The molecule has 1 aromatic carbocycles. The number of Topliss-reactive ketones (excluding diaryl/α,β-unsaturated/α-hetero) is 1. The van der Waals surface area contributed by atoms with Gasteiger partial charge in [-0.1, -0.05) is 31.0 Å². The van der Waals surface area contributed by atoms with Gasteiger partial charge in [-0.2, -0.15) is 4.98 Å². The van der Waals surface area contributed by atoms with Crippen LogP contribution in [0.25, 0.3) is 11.0 Å². The van der Waals surface area contributed by atoms with E-state index in [0.29, 0.717) is 59.1 Å². The highest BCUT2D eigenvalue weighted by Crippen LogP contribution is 2.38. The summed E-state index contributed by atoms with van der Waals surface area (Å²) in [5.41, 5.74) is 4.55. The normalized spacial score (nSPS) is 22.4. The molecule has 3 N–H and O–H groups in total. The van der Waals surface area contributed by atoms with Gasteiger partial charge in [0, 0.05) is 61.5 Å². The maximum Gasteiger partial charge on any atom is 0.263 e. The summed E-state index contributed by atoms with van der Waals surface area (Å²) in [6.07, 6.45) is 10.0. The van der Waals surface area contributed by atoms with Crippen molar-refractivity contribution in [2.75, 3.05) is 25.0 Å². The highest BCUT2D eigenvalue weighted by molar-refractivity contribution is 6.05. The minimum absolute atomic E-state index is 0.00629. The third-order valence-corrected chi connectivity index (χ3v) is 13.1. The lowest BCUT2D eigenvalue weighted by Crippen LogP contribution is -2.52. The van der Waals surface area contributed by atoms with Gasteiger partial charge in [-0.25, -0.2) is 9.97 Å². The van der Waals surface area contributed by atoms with E-state index >= 15 is 0 Å². The van der Waals surface area contributed by atoms with E-state index in [0.717, 1.165) is 81.4 Å². The SMILES string of the molecule is CC(=O)c1c(C)c2cnc(Nc3ccc4c(n3)CC[C@H](CN3CCC(O)(c5ccc6c(c5)CN(C5CCC(=O)NC5=O)C6=O)CC3)C4)nc2n(C2CCCC2)c1=O. The molecule has 3 aliphatic heterocycles. The first-order valence-corrected chi connectivity index (χ1v) is 20.4. The molecular formula is C43H48N8O6. The van der Waals surface area contributed by atoms with Gasteiger partial charge in [-0.05, 0) is 106 Å². The van der Waals surface area contributed by atoms with E-state index in [1.54, 1.807) is 28.7 Å². The number of piperidine rings is 2. The number of nitrogens with zero attached hydrogens (tertiary/aromatic N) is 6. The molecule has 14 nitrogen and oxygen atoms in total. The van der Waals surface area contributed by atoms with Crippen LogP contribution in [-0.2, 0) is 34.6 Å². The van der Waals surface area contributed by atoms with Crippen LogP contribution in [0.4, 0.5) is 11.8 Å². The Balaban J connectivity index is 0.828. The number of hydrogen-bond donors (Lipinski definition) is 3.